The van der Waals surface area contributed by atoms with Crippen molar-refractivity contribution in [2.45, 2.75) is 19.4 Å². The van der Waals surface area contributed by atoms with Crippen molar-refractivity contribution in [2.24, 2.45) is 0 Å². The lowest BCUT2D eigenvalue weighted by atomic mass is 10.1. The molecule has 1 rings (SSSR count). The van der Waals surface area contributed by atoms with E-state index in [1.54, 1.807) is 13.8 Å². The molecule has 0 aromatic heterocycles. The Morgan fingerprint density at radius 2 is 1.87 bits per heavy atom. The van der Waals surface area contributed by atoms with E-state index < -0.39 is 24.3 Å². The first-order valence-corrected chi connectivity index (χ1v) is 7.01. The molecule has 1 unspecified atom stereocenters. The highest BCUT2D eigenvalue weighted by Crippen LogP contribution is 2.62. The second-order valence-electron chi connectivity index (χ2n) is 3.31. The first-order valence-electron chi connectivity index (χ1n) is 4.02. The molecular formula is C7H12ClO5PS. The Bertz CT molecular complexity index is 370. The van der Waals surface area contributed by atoms with Crippen LogP contribution in [0.15, 0.2) is 9.68 Å². The van der Waals surface area contributed by atoms with Crippen LogP contribution in [0.5, 0.6) is 0 Å². The molecule has 0 bridgehead atoms. The molecule has 0 N–H and O–H groups in total. The Balaban J connectivity index is 3.31. The van der Waals surface area contributed by atoms with E-state index in [9.17, 15) is 8.77 Å². The Kier molecular flexibility index (Phi) is 3.81. The van der Waals surface area contributed by atoms with Gasteiger partial charge in [0.25, 0.3) is 0 Å². The summed E-state index contributed by atoms with van der Waals surface area (Å²) in [5.74, 6) is 0. The zero-order chi connectivity index (χ0) is 11.9. The topological polar surface area (TPSA) is 61.8 Å². The fraction of sp³-hybridized carbons (Fsp3) is 0.714. The lowest BCUT2D eigenvalue weighted by molar-refractivity contribution is 0.192. The fourth-order valence-corrected chi connectivity index (χ4v) is 4.84. The van der Waals surface area contributed by atoms with Gasteiger partial charge in [-0.25, -0.2) is 4.21 Å². The molecule has 15 heavy (non-hydrogen) atoms. The largest absolute Gasteiger partial charge is 0.373 e. The minimum absolute atomic E-state index is 0.105. The molecule has 0 saturated heterocycles. The van der Waals surface area contributed by atoms with Gasteiger partial charge in [-0.2, -0.15) is 0 Å². The summed E-state index contributed by atoms with van der Waals surface area (Å²) in [6.45, 7) is 3.24. The van der Waals surface area contributed by atoms with Gasteiger partial charge in [0.05, 0.1) is 5.03 Å². The summed E-state index contributed by atoms with van der Waals surface area (Å²) < 4.78 is 38.0. The van der Waals surface area contributed by atoms with Gasteiger partial charge in [-0.05, 0) is 13.8 Å². The van der Waals surface area contributed by atoms with Crippen molar-refractivity contribution in [1.82, 2.24) is 0 Å². The normalized spacial score (nSPS) is 26.1. The third kappa shape index (κ3) is 2.20. The van der Waals surface area contributed by atoms with Crippen LogP contribution in [0.1, 0.15) is 13.8 Å². The molecule has 0 saturated carbocycles. The zero-order valence-electron chi connectivity index (χ0n) is 8.77. The summed E-state index contributed by atoms with van der Waals surface area (Å²) in [6, 6.07) is 0. The first-order chi connectivity index (χ1) is 6.78. The smallest absolute Gasteiger partial charge is 0.308 e. The van der Waals surface area contributed by atoms with Crippen LogP contribution in [0.4, 0.5) is 0 Å². The third-order valence-electron chi connectivity index (χ3n) is 1.89. The lowest BCUT2D eigenvalue weighted by Crippen LogP contribution is -2.19. The maximum Gasteiger partial charge on any atom is 0.373 e. The second-order valence-corrected chi connectivity index (χ2v) is 7.21. The summed E-state index contributed by atoms with van der Waals surface area (Å²) >= 11 is 4.04. The van der Waals surface area contributed by atoms with E-state index in [1.165, 1.54) is 14.2 Å². The molecule has 0 aromatic rings. The molecule has 0 aliphatic carbocycles. The molecule has 1 heterocycles. The maximum absolute atomic E-state index is 12.0. The predicted octanol–water partition coefficient (Wildman–Crippen LogP) is 2.35. The number of halogens is 1. The lowest BCUT2D eigenvalue weighted by Gasteiger charge is -2.15. The SMILES string of the molecule is COP(=O)(OC)C1=C(Cl)C(C)(C)OS1=O. The summed E-state index contributed by atoms with van der Waals surface area (Å²) in [5.41, 5.74) is -0.936. The molecule has 88 valence electrons. The quantitative estimate of drug-likeness (QED) is 0.739. The van der Waals surface area contributed by atoms with E-state index in [-0.39, 0.29) is 9.68 Å². The number of rotatable bonds is 3. The fourth-order valence-electron chi connectivity index (χ4n) is 1.05. The van der Waals surface area contributed by atoms with Gasteiger partial charge in [0.15, 0.2) is 15.7 Å². The molecule has 0 amide bonds. The molecule has 0 radical (unpaired) electrons. The minimum Gasteiger partial charge on any atom is -0.308 e. The van der Waals surface area contributed by atoms with E-state index in [0.29, 0.717) is 0 Å². The van der Waals surface area contributed by atoms with Crippen LogP contribution in [-0.4, -0.2) is 24.0 Å². The standard InChI is InChI=1S/C7H12ClO5PS/c1-7(2)5(8)6(15(10)13-7)14(9,11-3)12-4/h1-4H3. The highest BCUT2D eigenvalue weighted by Gasteiger charge is 2.48. The first kappa shape index (κ1) is 13.4. The van der Waals surface area contributed by atoms with Crippen LogP contribution in [0.3, 0.4) is 0 Å². The minimum atomic E-state index is -3.60. The zero-order valence-corrected chi connectivity index (χ0v) is 11.2. The second kappa shape index (κ2) is 4.28. The average Bonchev–Trinajstić information content (AvgIpc) is 2.36. The van der Waals surface area contributed by atoms with E-state index in [1.807, 2.05) is 0 Å². The van der Waals surface area contributed by atoms with E-state index >= 15 is 0 Å². The van der Waals surface area contributed by atoms with Crippen LogP contribution in [0.25, 0.3) is 0 Å². The van der Waals surface area contributed by atoms with Crippen molar-refractivity contribution in [2.75, 3.05) is 14.2 Å². The van der Waals surface area contributed by atoms with E-state index in [0.717, 1.165) is 0 Å². The van der Waals surface area contributed by atoms with Gasteiger partial charge < -0.3 is 9.05 Å². The van der Waals surface area contributed by atoms with Crippen molar-refractivity contribution in [1.29, 1.82) is 0 Å². The molecular weight excluding hydrogens is 263 g/mol. The highest BCUT2D eigenvalue weighted by atomic mass is 35.5. The van der Waals surface area contributed by atoms with Crippen LogP contribution in [-0.2, 0) is 28.9 Å². The van der Waals surface area contributed by atoms with E-state index in [4.69, 9.17) is 24.8 Å². The van der Waals surface area contributed by atoms with Gasteiger partial charge in [-0.3, -0.25) is 8.75 Å². The molecule has 1 aliphatic rings. The van der Waals surface area contributed by atoms with Crippen LogP contribution < -0.4 is 0 Å². The van der Waals surface area contributed by atoms with Gasteiger partial charge in [0.1, 0.15) is 5.60 Å². The van der Waals surface area contributed by atoms with Gasteiger partial charge >= 0.3 is 7.60 Å². The maximum atomic E-state index is 12.0. The Morgan fingerprint density at radius 1 is 1.40 bits per heavy atom. The monoisotopic (exact) mass is 274 g/mol. The van der Waals surface area contributed by atoms with Gasteiger partial charge in [-0.1, -0.05) is 11.6 Å². The molecule has 0 aromatic carbocycles. The molecule has 1 aliphatic heterocycles. The Labute approximate surface area is 95.9 Å². The van der Waals surface area contributed by atoms with Gasteiger partial charge in [0, 0.05) is 14.2 Å². The van der Waals surface area contributed by atoms with Crippen LogP contribution >= 0.6 is 19.2 Å². The summed E-state index contributed by atoms with van der Waals surface area (Å²) in [6.07, 6.45) is 0. The highest BCUT2D eigenvalue weighted by molar-refractivity contribution is 7.95. The van der Waals surface area contributed by atoms with Gasteiger partial charge in [-0.15, -0.1) is 0 Å². The molecule has 0 fully saturated rings. The number of hydrogen-bond acceptors (Lipinski definition) is 5. The molecule has 5 nitrogen and oxygen atoms in total. The van der Waals surface area contributed by atoms with Crippen molar-refractivity contribution in [3.05, 3.63) is 9.68 Å². The predicted molar refractivity (Wildman–Crippen MR) is 57.8 cm³/mol. The molecule has 8 heteroatoms. The van der Waals surface area contributed by atoms with Crippen LogP contribution in [0.2, 0.25) is 0 Å². The summed E-state index contributed by atoms with van der Waals surface area (Å²) in [4.78, 5) is 0. The number of hydrogen-bond donors (Lipinski definition) is 0. The van der Waals surface area contributed by atoms with E-state index in [2.05, 4.69) is 0 Å². The van der Waals surface area contributed by atoms with Crippen molar-refractivity contribution < 1.29 is 22.0 Å². The van der Waals surface area contributed by atoms with Crippen molar-refractivity contribution in [3.8, 4) is 0 Å². The van der Waals surface area contributed by atoms with Gasteiger partial charge in [0.2, 0.25) is 0 Å². The molecule has 1 atom stereocenters. The van der Waals surface area contributed by atoms with Crippen molar-refractivity contribution >= 4 is 30.3 Å². The summed E-state index contributed by atoms with van der Waals surface area (Å²) in [5, 5.41) is 0.105. The third-order valence-corrected chi connectivity index (χ3v) is 6.66. The molecule has 0 spiro atoms. The van der Waals surface area contributed by atoms with Crippen molar-refractivity contribution in [3.63, 3.8) is 0 Å². The Hall–Kier alpha value is 0.290. The summed E-state index contributed by atoms with van der Waals surface area (Å²) in [7, 11) is -1.20. The van der Waals surface area contributed by atoms with Crippen LogP contribution in [0, 0.1) is 0 Å². The average molecular weight is 275 g/mol. The Morgan fingerprint density at radius 3 is 2.13 bits per heavy atom.